The number of aryl methyl sites for hydroxylation is 1. The largest absolute Gasteiger partial charge is 0.480 e. The number of amides is 1. The minimum Gasteiger partial charge on any atom is -0.480 e. The molecule has 0 aliphatic rings. The van der Waals surface area contributed by atoms with Crippen molar-refractivity contribution < 1.29 is 14.7 Å². The predicted octanol–water partition coefficient (Wildman–Crippen LogP) is 1.08. The summed E-state index contributed by atoms with van der Waals surface area (Å²) in [5, 5.41) is 15.3. The monoisotopic (exact) mass is 257 g/mol. The van der Waals surface area contributed by atoms with Gasteiger partial charge in [0.1, 0.15) is 10.9 Å². The molecule has 1 amide bonds. The molecule has 1 aromatic rings. The Labute approximate surface area is 103 Å². The highest BCUT2D eigenvalue weighted by molar-refractivity contribution is 7.08. The summed E-state index contributed by atoms with van der Waals surface area (Å²) in [5.41, 5.74) is -0.0569. The quantitative estimate of drug-likeness (QED) is 0.845. The van der Waals surface area contributed by atoms with Crippen LogP contribution in [-0.4, -0.2) is 32.6 Å². The number of nitrogens with zero attached hydrogens (tertiary/aromatic N) is 2. The van der Waals surface area contributed by atoms with Crippen molar-refractivity contribution in [1.82, 2.24) is 14.9 Å². The number of aromatic nitrogens is 2. The fourth-order valence-electron chi connectivity index (χ4n) is 1.29. The van der Waals surface area contributed by atoms with Crippen molar-refractivity contribution in [3.63, 3.8) is 0 Å². The summed E-state index contributed by atoms with van der Waals surface area (Å²) in [4.78, 5) is 23.3. The Morgan fingerprint density at radius 2 is 2.00 bits per heavy atom. The zero-order chi connectivity index (χ0) is 13.2. The van der Waals surface area contributed by atoms with E-state index in [1.54, 1.807) is 27.7 Å². The molecule has 1 aromatic heterocycles. The van der Waals surface area contributed by atoms with Gasteiger partial charge in [0.25, 0.3) is 5.91 Å². The van der Waals surface area contributed by atoms with E-state index >= 15 is 0 Å². The fourth-order valence-corrected chi connectivity index (χ4v) is 1.84. The van der Waals surface area contributed by atoms with E-state index in [2.05, 4.69) is 14.9 Å². The van der Waals surface area contributed by atoms with Crippen molar-refractivity contribution in [3.8, 4) is 0 Å². The summed E-state index contributed by atoms with van der Waals surface area (Å²) in [7, 11) is 0. The van der Waals surface area contributed by atoms with Gasteiger partial charge in [-0.3, -0.25) is 4.79 Å². The second-order valence-corrected chi connectivity index (χ2v) is 5.55. The third-order valence-electron chi connectivity index (χ3n) is 2.25. The number of aliphatic carboxylic acids is 1. The lowest BCUT2D eigenvalue weighted by molar-refractivity contribution is -0.142. The third kappa shape index (κ3) is 3.23. The molecule has 0 saturated carbocycles. The standard InChI is InChI=1S/C10H15N3O3S/c1-5-6(17-13-12-5)8(14)11-7(9(15)16)10(2,3)4/h7H,1-4H3,(H,11,14)(H,15,16)/t7-/m0/s1. The molecule has 17 heavy (non-hydrogen) atoms. The number of rotatable bonds is 3. The van der Waals surface area contributed by atoms with E-state index in [-0.39, 0.29) is 0 Å². The number of carboxylic acids is 1. The normalized spacial score (nSPS) is 13.2. The molecule has 0 bridgehead atoms. The molecule has 0 unspecified atom stereocenters. The van der Waals surface area contributed by atoms with Gasteiger partial charge in [0, 0.05) is 0 Å². The molecular formula is C10H15N3O3S. The minimum absolute atomic E-state index is 0.348. The van der Waals surface area contributed by atoms with Crippen LogP contribution in [-0.2, 0) is 4.79 Å². The Bertz CT molecular complexity index is 436. The Balaban J connectivity index is 2.86. The van der Waals surface area contributed by atoms with E-state index in [1.165, 1.54) is 0 Å². The molecule has 2 N–H and O–H groups in total. The minimum atomic E-state index is -1.05. The van der Waals surface area contributed by atoms with E-state index in [0.29, 0.717) is 10.6 Å². The lowest BCUT2D eigenvalue weighted by Gasteiger charge is -2.27. The third-order valence-corrected chi connectivity index (χ3v) is 3.07. The maximum absolute atomic E-state index is 11.8. The lowest BCUT2D eigenvalue weighted by Crippen LogP contribution is -2.49. The van der Waals surface area contributed by atoms with Gasteiger partial charge in [0.2, 0.25) is 0 Å². The topological polar surface area (TPSA) is 92.2 Å². The van der Waals surface area contributed by atoms with Gasteiger partial charge in [-0.2, -0.15) is 0 Å². The lowest BCUT2D eigenvalue weighted by atomic mass is 9.87. The number of hydrogen-bond donors (Lipinski definition) is 2. The van der Waals surface area contributed by atoms with Crippen molar-refractivity contribution in [3.05, 3.63) is 10.6 Å². The van der Waals surface area contributed by atoms with Gasteiger partial charge in [-0.05, 0) is 23.9 Å². The van der Waals surface area contributed by atoms with Crippen LogP contribution in [0.3, 0.4) is 0 Å². The molecule has 1 atom stereocenters. The van der Waals surface area contributed by atoms with E-state index in [0.717, 1.165) is 11.5 Å². The maximum atomic E-state index is 11.8. The van der Waals surface area contributed by atoms with Crippen LogP contribution >= 0.6 is 11.5 Å². The van der Waals surface area contributed by atoms with Crippen molar-refractivity contribution >= 4 is 23.4 Å². The second kappa shape index (κ2) is 4.79. The predicted molar refractivity (Wildman–Crippen MR) is 63.0 cm³/mol. The van der Waals surface area contributed by atoms with Gasteiger partial charge < -0.3 is 10.4 Å². The first-order valence-corrected chi connectivity index (χ1v) is 5.83. The number of carbonyl (C=O) groups is 2. The molecule has 6 nitrogen and oxygen atoms in total. The first-order valence-electron chi connectivity index (χ1n) is 5.06. The smallest absolute Gasteiger partial charge is 0.326 e. The van der Waals surface area contributed by atoms with E-state index < -0.39 is 23.3 Å². The van der Waals surface area contributed by atoms with Crippen molar-refractivity contribution in [2.75, 3.05) is 0 Å². The summed E-state index contributed by atoms with van der Waals surface area (Å²) in [6, 6.07) is -0.948. The second-order valence-electron chi connectivity index (χ2n) is 4.80. The summed E-state index contributed by atoms with van der Waals surface area (Å²) in [6.45, 7) is 6.92. The first kappa shape index (κ1) is 13.6. The van der Waals surface area contributed by atoms with Gasteiger partial charge in [0.15, 0.2) is 0 Å². The van der Waals surface area contributed by atoms with Crippen LogP contribution in [0, 0.1) is 12.3 Å². The van der Waals surface area contributed by atoms with E-state index in [1.807, 2.05) is 0 Å². The zero-order valence-electron chi connectivity index (χ0n) is 10.1. The zero-order valence-corrected chi connectivity index (χ0v) is 11.0. The molecule has 0 spiro atoms. The van der Waals surface area contributed by atoms with Crippen LogP contribution in [0.15, 0.2) is 0 Å². The van der Waals surface area contributed by atoms with Crippen molar-refractivity contribution in [1.29, 1.82) is 0 Å². The van der Waals surface area contributed by atoms with E-state index in [9.17, 15) is 9.59 Å². The van der Waals surface area contributed by atoms with Gasteiger partial charge in [-0.15, -0.1) is 5.10 Å². The van der Waals surface area contributed by atoms with Crippen LogP contribution in [0.1, 0.15) is 36.1 Å². The molecule has 0 aromatic carbocycles. The molecule has 1 rings (SSSR count). The highest BCUT2D eigenvalue weighted by atomic mass is 32.1. The van der Waals surface area contributed by atoms with Crippen LogP contribution in [0.25, 0.3) is 0 Å². The van der Waals surface area contributed by atoms with Crippen molar-refractivity contribution in [2.45, 2.75) is 33.7 Å². The SMILES string of the molecule is Cc1nnsc1C(=O)N[C@@H](C(=O)O)C(C)(C)C. The molecule has 1 heterocycles. The first-order chi connectivity index (χ1) is 7.73. The van der Waals surface area contributed by atoms with Gasteiger partial charge in [0.05, 0.1) is 5.69 Å². The van der Waals surface area contributed by atoms with E-state index in [4.69, 9.17) is 5.11 Å². The van der Waals surface area contributed by atoms with Gasteiger partial charge >= 0.3 is 5.97 Å². The summed E-state index contributed by atoms with van der Waals surface area (Å²) >= 11 is 0.956. The summed E-state index contributed by atoms with van der Waals surface area (Å²) in [6.07, 6.45) is 0. The average molecular weight is 257 g/mol. The molecule has 0 saturated heterocycles. The van der Waals surface area contributed by atoms with Crippen LogP contribution in [0.4, 0.5) is 0 Å². The van der Waals surface area contributed by atoms with Crippen LogP contribution < -0.4 is 5.32 Å². The number of carboxylic acid groups (broad SMARTS) is 1. The summed E-state index contributed by atoms with van der Waals surface area (Å²) in [5.74, 6) is -1.50. The molecule has 7 heteroatoms. The van der Waals surface area contributed by atoms with Crippen LogP contribution in [0.2, 0.25) is 0 Å². The summed E-state index contributed by atoms with van der Waals surface area (Å²) < 4.78 is 3.64. The average Bonchev–Trinajstić information content (AvgIpc) is 2.58. The molecule has 0 aliphatic carbocycles. The van der Waals surface area contributed by atoms with Crippen molar-refractivity contribution in [2.24, 2.45) is 5.41 Å². The molecule has 0 aliphatic heterocycles. The maximum Gasteiger partial charge on any atom is 0.326 e. The highest BCUT2D eigenvalue weighted by Crippen LogP contribution is 2.20. The Hall–Kier alpha value is -1.50. The van der Waals surface area contributed by atoms with Gasteiger partial charge in [-0.1, -0.05) is 25.3 Å². The molecule has 0 fully saturated rings. The number of hydrogen-bond acceptors (Lipinski definition) is 5. The Morgan fingerprint density at radius 1 is 1.41 bits per heavy atom. The number of carbonyl (C=O) groups excluding carboxylic acids is 1. The van der Waals surface area contributed by atoms with Gasteiger partial charge in [-0.25, -0.2) is 4.79 Å². The number of nitrogens with one attached hydrogen (secondary N) is 1. The molecule has 94 valence electrons. The Morgan fingerprint density at radius 3 is 2.35 bits per heavy atom. The Kier molecular flexibility index (Phi) is 3.82. The highest BCUT2D eigenvalue weighted by Gasteiger charge is 2.33. The van der Waals surface area contributed by atoms with Crippen LogP contribution in [0.5, 0.6) is 0 Å². The molecule has 0 radical (unpaired) electrons. The fraction of sp³-hybridized carbons (Fsp3) is 0.600. The molecular weight excluding hydrogens is 242 g/mol.